The van der Waals surface area contributed by atoms with E-state index in [1.807, 2.05) is 0 Å². The number of halogens is 2. The molecule has 0 aromatic carbocycles. The average molecular weight is 302 g/mol. The highest BCUT2D eigenvalue weighted by atomic mass is 35.5. The highest BCUT2D eigenvalue weighted by Gasteiger charge is 2.26. The van der Waals surface area contributed by atoms with Crippen LogP contribution < -0.4 is 5.73 Å². The van der Waals surface area contributed by atoms with Gasteiger partial charge in [0, 0.05) is 24.6 Å². The van der Waals surface area contributed by atoms with Gasteiger partial charge in [-0.25, -0.2) is 4.98 Å². The first kappa shape index (κ1) is 14.1. The van der Waals surface area contributed by atoms with Crippen molar-refractivity contribution >= 4 is 35.0 Å². The minimum Gasteiger partial charge on any atom is -0.369 e. The number of amides is 2. The van der Waals surface area contributed by atoms with Gasteiger partial charge < -0.3 is 10.6 Å². The second-order valence-electron chi connectivity index (χ2n) is 4.47. The van der Waals surface area contributed by atoms with Gasteiger partial charge in [-0.2, -0.15) is 0 Å². The van der Waals surface area contributed by atoms with Crippen molar-refractivity contribution < 1.29 is 9.59 Å². The molecule has 2 rings (SSSR count). The van der Waals surface area contributed by atoms with E-state index >= 15 is 0 Å². The fourth-order valence-electron chi connectivity index (χ4n) is 2.14. The average Bonchev–Trinajstić information content (AvgIpc) is 2.37. The second-order valence-corrected chi connectivity index (χ2v) is 5.24. The maximum Gasteiger partial charge on any atom is 0.254 e. The Hall–Kier alpha value is -1.33. The van der Waals surface area contributed by atoms with E-state index < -0.39 is 0 Å². The van der Waals surface area contributed by atoms with Crippen LogP contribution in [0.2, 0.25) is 10.3 Å². The molecule has 0 saturated carbocycles. The Labute approximate surface area is 120 Å². The fourth-order valence-corrected chi connectivity index (χ4v) is 2.60. The van der Waals surface area contributed by atoms with Crippen molar-refractivity contribution in [3.63, 3.8) is 0 Å². The van der Waals surface area contributed by atoms with Crippen molar-refractivity contribution in [2.24, 2.45) is 11.7 Å². The maximum atomic E-state index is 12.2. The summed E-state index contributed by atoms with van der Waals surface area (Å²) in [5.41, 5.74) is 5.66. The molecule has 0 spiro atoms. The molecule has 1 fully saturated rings. The molecule has 102 valence electrons. The summed E-state index contributed by atoms with van der Waals surface area (Å²) in [6, 6.07) is 2.96. The third-order valence-electron chi connectivity index (χ3n) is 3.19. The number of likely N-dealkylation sites (tertiary alicyclic amines) is 1. The van der Waals surface area contributed by atoms with Gasteiger partial charge in [-0.05, 0) is 25.0 Å². The SMILES string of the molecule is NC(=O)C1CCN(C(=O)c2cc(Cl)nc(Cl)c2)CC1. The van der Waals surface area contributed by atoms with Gasteiger partial charge in [0.25, 0.3) is 5.91 Å². The van der Waals surface area contributed by atoms with Crippen molar-refractivity contribution in [3.05, 3.63) is 28.0 Å². The molecule has 5 nitrogen and oxygen atoms in total. The first-order chi connectivity index (χ1) is 8.97. The van der Waals surface area contributed by atoms with Crippen molar-refractivity contribution in [1.82, 2.24) is 9.88 Å². The first-order valence-electron chi connectivity index (χ1n) is 5.89. The molecular formula is C12H13Cl2N3O2. The smallest absolute Gasteiger partial charge is 0.254 e. The molecule has 0 bridgehead atoms. The Morgan fingerprint density at radius 3 is 2.21 bits per heavy atom. The molecule has 1 aromatic heterocycles. The largest absolute Gasteiger partial charge is 0.369 e. The summed E-state index contributed by atoms with van der Waals surface area (Å²) in [7, 11) is 0. The number of carbonyl (C=O) groups excluding carboxylic acids is 2. The zero-order valence-corrected chi connectivity index (χ0v) is 11.6. The van der Waals surface area contributed by atoms with Crippen LogP contribution in [0.15, 0.2) is 12.1 Å². The predicted octanol–water partition coefficient (Wildman–Crippen LogP) is 1.73. The topological polar surface area (TPSA) is 76.3 Å². The second kappa shape index (κ2) is 5.75. The van der Waals surface area contributed by atoms with Crippen LogP contribution in [-0.4, -0.2) is 34.8 Å². The number of piperidine rings is 1. The highest BCUT2D eigenvalue weighted by molar-refractivity contribution is 6.33. The van der Waals surface area contributed by atoms with E-state index in [9.17, 15) is 9.59 Å². The fraction of sp³-hybridized carbons (Fsp3) is 0.417. The molecule has 2 heterocycles. The minimum atomic E-state index is -0.304. The normalized spacial score (nSPS) is 16.4. The van der Waals surface area contributed by atoms with Gasteiger partial charge in [0.1, 0.15) is 10.3 Å². The number of pyridine rings is 1. The summed E-state index contributed by atoms with van der Waals surface area (Å²) in [5.74, 6) is -0.607. The van der Waals surface area contributed by atoms with Crippen molar-refractivity contribution in [3.8, 4) is 0 Å². The summed E-state index contributed by atoms with van der Waals surface area (Å²) in [6.45, 7) is 1.01. The highest BCUT2D eigenvalue weighted by Crippen LogP contribution is 2.21. The first-order valence-corrected chi connectivity index (χ1v) is 6.64. The molecule has 0 unspecified atom stereocenters. The maximum absolute atomic E-state index is 12.2. The van der Waals surface area contributed by atoms with Gasteiger partial charge in [0.05, 0.1) is 0 Å². The van der Waals surface area contributed by atoms with Crippen LogP contribution in [0.25, 0.3) is 0 Å². The number of aromatic nitrogens is 1. The lowest BCUT2D eigenvalue weighted by atomic mass is 9.96. The molecule has 2 amide bonds. The molecule has 1 aromatic rings. The lowest BCUT2D eigenvalue weighted by molar-refractivity contribution is -0.123. The van der Waals surface area contributed by atoms with Crippen LogP contribution in [-0.2, 0) is 4.79 Å². The quantitative estimate of drug-likeness (QED) is 0.845. The Balaban J connectivity index is 2.07. The summed E-state index contributed by atoms with van der Waals surface area (Å²) in [4.78, 5) is 28.8. The summed E-state index contributed by atoms with van der Waals surface area (Å²) >= 11 is 11.5. The zero-order valence-electron chi connectivity index (χ0n) is 10.1. The van der Waals surface area contributed by atoms with Gasteiger partial charge >= 0.3 is 0 Å². The molecule has 1 saturated heterocycles. The van der Waals surface area contributed by atoms with Crippen LogP contribution in [0, 0.1) is 5.92 Å². The summed E-state index contributed by atoms with van der Waals surface area (Å²) < 4.78 is 0. The van der Waals surface area contributed by atoms with E-state index in [1.165, 1.54) is 12.1 Å². The monoisotopic (exact) mass is 301 g/mol. The van der Waals surface area contributed by atoms with Gasteiger partial charge in [-0.15, -0.1) is 0 Å². The molecule has 1 aliphatic heterocycles. The number of hydrogen-bond donors (Lipinski definition) is 1. The van der Waals surface area contributed by atoms with Crippen molar-refractivity contribution in [2.75, 3.05) is 13.1 Å². The van der Waals surface area contributed by atoms with Crippen LogP contribution in [0.1, 0.15) is 23.2 Å². The lowest BCUT2D eigenvalue weighted by Crippen LogP contribution is -2.41. The summed E-state index contributed by atoms with van der Waals surface area (Å²) in [6.07, 6.45) is 1.18. The molecule has 0 atom stereocenters. The molecule has 19 heavy (non-hydrogen) atoms. The van der Waals surface area contributed by atoms with Crippen molar-refractivity contribution in [1.29, 1.82) is 0 Å². The standard InChI is InChI=1S/C12H13Cl2N3O2/c13-9-5-8(6-10(14)16-9)12(19)17-3-1-7(2-4-17)11(15)18/h5-7H,1-4H2,(H2,15,18). The van der Waals surface area contributed by atoms with Crippen molar-refractivity contribution in [2.45, 2.75) is 12.8 Å². The molecule has 0 radical (unpaired) electrons. The van der Waals surface area contributed by atoms with E-state index in [4.69, 9.17) is 28.9 Å². The Kier molecular flexibility index (Phi) is 4.27. The number of primary amides is 1. The Morgan fingerprint density at radius 2 is 1.74 bits per heavy atom. The van der Waals surface area contributed by atoms with E-state index in [0.29, 0.717) is 31.5 Å². The van der Waals surface area contributed by atoms with E-state index in [0.717, 1.165) is 0 Å². The number of nitrogens with two attached hydrogens (primary N) is 1. The van der Waals surface area contributed by atoms with Crippen LogP contribution in [0.5, 0.6) is 0 Å². The Morgan fingerprint density at radius 1 is 1.21 bits per heavy atom. The lowest BCUT2D eigenvalue weighted by Gasteiger charge is -2.30. The molecule has 0 aliphatic carbocycles. The van der Waals surface area contributed by atoms with Crippen LogP contribution >= 0.6 is 23.2 Å². The molecule has 2 N–H and O–H groups in total. The van der Waals surface area contributed by atoms with Gasteiger partial charge in [-0.1, -0.05) is 23.2 Å². The van der Waals surface area contributed by atoms with Crippen LogP contribution in [0.3, 0.4) is 0 Å². The van der Waals surface area contributed by atoms with E-state index in [-0.39, 0.29) is 28.0 Å². The number of rotatable bonds is 2. The minimum absolute atomic E-state index is 0.145. The Bertz CT molecular complexity index is 493. The van der Waals surface area contributed by atoms with Gasteiger partial charge in [-0.3, -0.25) is 9.59 Å². The number of carbonyl (C=O) groups is 2. The zero-order chi connectivity index (χ0) is 14.0. The van der Waals surface area contributed by atoms with E-state index in [1.54, 1.807) is 4.90 Å². The molecular weight excluding hydrogens is 289 g/mol. The third-order valence-corrected chi connectivity index (χ3v) is 3.58. The predicted molar refractivity (Wildman–Crippen MR) is 72.1 cm³/mol. The molecule has 7 heteroatoms. The third kappa shape index (κ3) is 3.36. The van der Waals surface area contributed by atoms with Gasteiger partial charge in [0.2, 0.25) is 5.91 Å². The summed E-state index contributed by atoms with van der Waals surface area (Å²) in [5, 5.41) is 0.366. The number of hydrogen-bond acceptors (Lipinski definition) is 3. The molecule has 1 aliphatic rings. The van der Waals surface area contributed by atoms with E-state index in [2.05, 4.69) is 4.98 Å². The van der Waals surface area contributed by atoms with Gasteiger partial charge in [0.15, 0.2) is 0 Å². The number of nitrogens with zero attached hydrogens (tertiary/aromatic N) is 2. The van der Waals surface area contributed by atoms with Crippen LogP contribution in [0.4, 0.5) is 0 Å².